The number of hydrogen-bond acceptors (Lipinski definition) is 5. The number of carbonyl (C=O) groups is 1. The van der Waals surface area contributed by atoms with Crippen LogP contribution in [0.3, 0.4) is 0 Å². The number of carbonyl (C=O) groups excluding carboxylic acids is 1. The highest BCUT2D eigenvalue weighted by Crippen LogP contribution is 2.31. The van der Waals surface area contributed by atoms with E-state index in [1.807, 2.05) is 37.1 Å². The molecule has 2 aromatic carbocycles. The summed E-state index contributed by atoms with van der Waals surface area (Å²) in [6, 6.07) is 14.5. The molecular weight excluding hydrogens is 330 g/mol. The topological polar surface area (TPSA) is 74.6 Å². The van der Waals surface area contributed by atoms with E-state index in [1.54, 1.807) is 24.3 Å². The first-order chi connectivity index (χ1) is 12.6. The molecule has 0 aliphatic carbocycles. The van der Waals surface area contributed by atoms with Crippen molar-refractivity contribution in [1.29, 1.82) is 5.26 Å². The first-order valence-corrected chi connectivity index (χ1v) is 8.47. The Morgan fingerprint density at radius 3 is 2.73 bits per heavy atom. The SMILES string of the molecule is C[C@H](C(=O)Nc1ccccc1C#N)N(C)Cc1ccc2c(c1)OCCO2. The molecule has 1 aliphatic rings. The van der Waals surface area contributed by atoms with Crippen molar-refractivity contribution in [2.45, 2.75) is 19.5 Å². The number of fused-ring (bicyclic) bond motifs is 1. The second kappa shape index (κ2) is 7.89. The van der Waals surface area contributed by atoms with Crippen molar-refractivity contribution >= 4 is 11.6 Å². The minimum Gasteiger partial charge on any atom is -0.486 e. The molecule has 0 aromatic heterocycles. The summed E-state index contributed by atoms with van der Waals surface area (Å²) in [5, 5.41) is 12.0. The summed E-state index contributed by atoms with van der Waals surface area (Å²) >= 11 is 0. The van der Waals surface area contributed by atoms with E-state index < -0.39 is 0 Å². The molecule has 6 nitrogen and oxygen atoms in total. The van der Waals surface area contributed by atoms with Crippen LogP contribution in [0.4, 0.5) is 5.69 Å². The van der Waals surface area contributed by atoms with Gasteiger partial charge in [0, 0.05) is 6.54 Å². The lowest BCUT2D eigenvalue weighted by Gasteiger charge is -2.25. The fourth-order valence-corrected chi connectivity index (χ4v) is 2.74. The van der Waals surface area contributed by atoms with Crippen LogP contribution in [0.15, 0.2) is 42.5 Å². The molecule has 1 N–H and O–H groups in total. The first-order valence-electron chi connectivity index (χ1n) is 8.47. The largest absolute Gasteiger partial charge is 0.486 e. The van der Waals surface area contributed by atoms with Gasteiger partial charge in [-0.2, -0.15) is 5.26 Å². The van der Waals surface area contributed by atoms with Crippen LogP contribution in [0.1, 0.15) is 18.1 Å². The first kappa shape index (κ1) is 17.8. The van der Waals surface area contributed by atoms with Gasteiger partial charge in [-0.1, -0.05) is 18.2 Å². The molecule has 0 saturated heterocycles. The highest BCUT2D eigenvalue weighted by atomic mass is 16.6. The molecule has 2 aromatic rings. The predicted molar refractivity (Wildman–Crippen MR) is 98.1 cm³/mol. The summed E-state index contributed by atoms with van der Waals surface area (Å²) < 4.78 is 11.1. The Kier molecular flexibility index (Phi) is 5.40. The van der Waals surface area contributed by atoms with Gasteiger partial charge in [-0.05, 0) is 43.8 Å². The van der Waals surface area contributed by atoms with E-state index in [9.17, 15) is 4.79 Å². The Morgan fingerprint density at radius 1 is 1.23 bits per heavy atom. The molecule has 26 heavy (non-hydrogen) atoms. The van der Waals surface area contributed by atoms with Gasteiger partial charge >= 0.3 is 0 Å². The van der Waals surface area contributed by atoms with Gasteiger partial charge in [-0.25, -0.2) is 0 Å². The van der Waals surface area contributed by atoms with Crippen molar-refractivity contribution in [3.63, 3.8) is 0 Å². The molecule has 1 atom stereocenters. The Balaban J connectivity index is 1.64. The third kappa shape index (κ3) is 3.95. The maximum Gasteiger partial charge on any atom is 0.241 e. The summed E-state index contributed by atoms with van der Waals surface area (Å²) in [5.74, 6) is 1.33. The zero-order chi connectivity index (χ0) is 18.5. The summed E-state index contributed by atoms with van der Waals surface area (Å²) in [4.78, 5) is 14.5. The van der Waals surface area contributed by atoms with E-state index in [0.29, 0.717) is 31.0 Å². The Morgan fingerprint density at radius 2 is 1.96 bits per heavy atom. The van der Waals surface area contributed by atoms with Crippen molar-refractivity contribution in [2.75, 3.05) is 25.6 Å². The van der Waals surface area contributed by atoms with Gasteiger partial charge in [0.15, 0.2) is 11.5 Å². The average Bonchev–Trinajstić information content (AvgIpc) is 2.67. The molecule has 0 saturated carbocycles. The van der Waals surface area contributed by atoms with Gasteiger partial charge in [0.05, 0.1) is 17.3 Å². The highest BCUT2D eigenvalue weighted by Gasteiger charge is 2.20. The van der Waals surface area contributed by atoms with Gasteiger partial charge in [0.2, 0.25) is 5.91 Å². The number of para-hydroxylation sites is 1. The zero-order valence-electron chi connectivity index (χ0n) is 14.9. The molecular formula is C20H21N3O3. The molecule has 1 aliphatic heterocycles. The molecule has 3 rings (SSSR count). The van der Waals surface area contributed by atoms with E-state index >= 15 is 0 Å². The van der Waals surface area contributed by atoms with E-state index in [2.05, 4.69) is 11.4 Å². The molecule has 0 unspecified atom stereocenters. The molecule has 6 heteroatoms. The second-order valence-corrected chi connectivity index (χ2v) is 6.22. The van der Waals surface area contributed by atoms with Gasteiger partial charge in [-0.3, -0.25) is 9.69 Å². The van der Waals surface area contributed by atoms with Crippen molar-refractivity contribution in [1.82, 2.24) is 4.90 Å². The van der Waals surface area contributed by atoms with Crippen molar-refractivity contribution in [3.8, 4) is 17.6 Å². The van der Waals surface area contributed by atoms with Crippen LogP contribution in [-0.2, 0) is 11.3 Å². The van der Waals surface area contributed by atoms with Gasteiger partial charge in [0.25, 0.3) is 0 Å². The number of rotatable bonds is 5. The minimum atomic E-state index is -0.366. The quantitative estimate of drug-likeness (QED) is 0.896. The molecule has 0 fully saturated rings. The lowest BCUT2D eigenvalue weighted by Crippen LogP contribution is -2.39. The number of hydrogen-bond donors (Lipinski definition) is 1. The number of benzene rings is 2. The summed E-state index contributed by atoms with van der Waals surface area (Å²) in [6.07, 6.45) is 0. The molecule has 0 radical (unpaired) electrons. The maximum atomic E-state index is 12.5. The molecule has 0 spiro atoms. The van der Waals surface area contributed by atoms with E-state index in [0.717, 1.165) is 17.1 Å². The fourth-order valence-electron chi connectivity index (χ4n) is 2.74. The lowest BCUT2D eigenvalue weighted by atomic mass is 10.1. The standard InChI is InChI=1S/C20H21N3O3/c1-14(20(24)22-17-6-4-3-5-16(17)12-21)23(2)13-15-7-8-18-19(11-15)26-10-9-25-18/h3-8,11,14H,9-10,13H2,1-2H3,(H,22,24)/t14-/m1/s1. The van der Waals surface area contributed by atoms with E-state index in [1.165, 1.54) is 0 Å². The van der Waals surface area contributed by atoms with Crippen molar-refractivity contribution in [3.05, 3.63) is 53.6 Å². The van der Waals surface area contributed by atoms with Gasteiger partial charge in [-0.15, -0.1) is 0 Å². The van der Waals surface area contributed by atoms with Crippen LogP contribution in [0.2, 0.25) is 0 Å². The third-order valence-corrected chi connectivity index (χ3v) is 4.38. The summed E-state index contributed by atoms with van der Waals surface area (Å²) in [5.41, 5.74) is 2.01. The van der Waals surface area contributed by atoms with Gasteiger partial charge in [0.1, 0.15) is 19.3 Å². The smallest absolute Gasteiger partial charge is 0.241 e. The van der Waals surface area contributed by atoms with Crippen LogP contribution in [-0.4, -0.2) is 37.1 Å². The van der Waals surface area contributed by atoms with E-state index in [4.69, 9.17) is 14.7 Å². The van der Waals surface area contributed by atoms with Crippen molar-refractivity contribution < 1.29 is 14.3 Å². The van der Waals surface area contributed by atoms with Crippen molar-refractivity contribution in [2.24, 2.45) is 0 Å². The number of nitrogens with one attached hydrogen (secondary N) is 1. The molecule has 0 bridgehead atoms. The molecule has 1 amide bonds. The molecule has 1 heterocycles. The fraction of sp³-hybridized carbons (Fsp3) is 0.300. The van der Waals surface area contributed by atoms with Crippen LogP contribution >= 0.6 is 0 Å². The number of ether oxygens (including phenoxy) is 2. The number of likely N-dealkylation sites (N-methyl/N-ethyl adjacent to an activating group) is 1. The summed E-state index contributed by atoms with van der Waals surface area (Å²) in [6.45, 7) is 3.53. The Labute approximate surface area is 152 Å². The monoisotopic (exact) mass is 351 g/mol. The maximum absolute atomic E-state index is 12.5. The number of anilines is 1. The van der Waals surface area contributed by atoms with Crippen LogP contribution in [0.25, 0.3) is 0 Å². The Bertz CT molecular complexity index is 844. The van der Waals surface area contributed by atoms with Crippen LogP contribution in [0, 0.1) is 11.3 Å². The zero-order valence-corrected chi connectivity index (χ0v) is 14.9. The second-order valence-electron chi connectivity index (χ2n) is 6.22. The van der Waals surface area contributed by atoms with E-state index in [-0.39, 0.29) is 11.9 Å². The molecule has 134 valence electrons. The average molecular weight is 351 g/mol. The third-order valence-electron chi connectivity index (χ3n) is 4.38. The van der Waals surface area contributed by atoms with Gasteiger partial charge < -0.3 is 14.8 Å². The lowest BCUT2D eigenvalue weighted by molar-refractivity contribution is -0.120. The number of amides is 1. The normalized spacial score (nSPS) is 13.8. The predicted octanol–water partition coefficient (Wildman–Crippen LogP) is 2.79. The summed E-state index contributed by atoms with van der Waals surface area (Å²) in [7, 11) is 1.89. The number of nitrogens with zero attached hydrogens (tertiary/aromatic N) is 2. The van der Waals surface area contributed by atoms with Crippen LogP contribution in [0.5, 0.6) is 11.5 Å². The number of nitriles is 1. The highest BCUT2D eigenvalue weighted by molar-refractivity contribution is 5.95. The Hall–Kier alpha value is -3.04. The minimum absolute atomic E-state index is 0.159. The van der Waals surface area contributed by atoms with Crippen LogP contribution < -0.4 is 14.8 Å².